The third-order valence-corrected chi connectivity index (χ3v) is 9.96. The van der Waals surface area contributed by atoms with E-state index < -0.39 is 20.0 Å². The van der Waals surface area contributed by atoms with Gasteiger partial charge in [-0.3, -0.25) is 9.36 Å². The minimum absolute atomic E-state index is 0.000659. The summed E-state index contributed by atoms with van der Waals surface area (Å²) in [4.78, 5) is 24.8. The van der Waals surface area contributed by atoms with Crippen molar-refractivity contribution in [2.45, 2.75) is 193 Å². The fraction of sp³-hybridized carbons (Fsp3) is 0.923. The van der Waals surface area contributed by atoms with Crippen LogP contribution in [-0.2, 0) is 18.4 Å². The maximum atomic E-state index is 12.5. The molecule has 0 aliphatic heterocycles. The Kier molecular flexibility index (Phi) is 31.7. The lowest BCUT2D eigenvalue weighted by Crippen LogP contribution is -2.45. The van der Waals surface area contributed by atoms with Gasteiger partial charge in [-0.2, -0.15) is 0 Å². The van der Waals surface area contributed by atoms with Gasteiger partial charge in [-0.05, 0) is 19.3 Å². The molecule has 0 aromatic carbocycles. The number of likely N-dealkylation sites (N-methyl/N-ethyl adjacent to an activating group) is 1. The van der Waals surface area contributed by atoms with Crippen molar-refractivity contribution in [3.05, 3.63) is 12.2 Å². The predicted molar refractivity (Wildman–Crippen MR) is 201 cm³/mol. The lowest BCUT2D eigenvalue weighted by Gasteiger charge is -2.29. The molecule has 9 heteroatoms. The number of phosphoric acid groups is 1. The first kappa shape index (κ1) is 47.2. The monoisotopic (exact) mass is 703 g/mol. The average molecular weight is 703 g/mol. The summed E-state index contributed by atoms with van der Waals surface area (Å²) in [5, 5.41) is 13.6. The smallest absolute Gasteiger partial charge is 0.268 e. The van der Waals surface area contributed by atoms with Crippen LogP contribution in [0.1, 0.15) is 181 Å². The summed E-state index contributed by atoms with van der Waals surface area (Å²) in [6.45, 7) is 4.52. The van der Waals surface area contributed by atoms with E-state index in [0.717, 1.165) is 44.9 Å². The molecule has 0 saturated carbocycles. The van der Waals surface area contributed by atoms with Gasteiger partial charge in [0.1, 0.15) is 13.2 Å². The number of hydrogen-bond acceptors (Lipinski definition) is 6. The Morgan fingerprint density at radius 1 is 0.708 bits per heavy atom. The lowest BCUT2D eigenvalue weighted by molar-refractivity contribution is -0.870. The average Bonchev–Trinajstić information content (AvgIpc) is 3.03. The Labute approximate surface area is 297 Å². The number of rotatable bonds is 36. The first-order chi connectivity index (χ1) is 23.0. The number of nitrogens with zero attached hydrogens (tertiary/aromatic N) is 1. The maximum absolute atomic E-state index is 12.5. The molecular formula is C39H79N2O6P. The summed E-state index contributed by atoms with van der Waals surface area (Å²) in [6.07, 6.45) is 34.6. The number of carbonyl (C=O) groups is 1. The van der Waals surface area contributed by atoms with E-state index in [4.69, 9.17) is 9.05 Å². The molecule has 0 aromatic heterocycles. The van der Waals surface area contributed by atoms with Crippen LogP contribution in [0.5, 0.6) is 0 Å². The van der Waals surface area contributed by atoms with Crippen molar-refractivity contribution >= 4 is 13.7 Å². The van der Waals surface area contributed by atoms with E-state index in [1.54, 1.807) is 6.08 Å². The van der Waals surface area contributed by atoms with Crippen LogP contribution in [-0.4, -0.2) is 68.5 Å². The van der Waals surface area contributed by atoms with Crippen molar-refractivity contribution in [2.24, 2.45) is 0 Å². The number of amides is 1. The molecule has 3 unspecified atom stereocenters. The molecule has 0 radical (unpaired) electrons. The van der Waals surface area contributed by atoms with Gasteiger partial charge in [0, 0.05) is 6.42 Å². The van der Waals surface area contributed by atoms with Crippen molar-refractivity contribution in [3.63, 3.8) is 0 Å². The number of nitrogens with one attached hydrogen (secondary N) is 1. The molecule has 0 aliphatic carbocycles. The molecule has 3 atom stereocenters. The number of allylic oxidation sites excluding steroid dienone is 1. The highest BCUT2D eigenvalue weighted by Gasteiger charge is 2.23. The van der Waals surface area contributed by atoms with Gasteiger partial charge in [-0.25, -0.2) is 0 Å². The third-order valence-electron chi connectivity index (χ3n) is 9.00. The topological polar surface area (TPSA) is 108 Å². The molecule has 48 heavy (non-hydrogen) atoms. The molecule has 1 amide bonds. The summed E-state index contributed by atoms with van der Waals surface area (Å²) < 4.78 is 22.9. The van der Waals surface area contributed by atoms with Gasteiger partial charge in [-0.1, -0.05) is 167 Å². The summed E-state index contributed by atoms with van der Waals surface area (Å²) in [7, 11) is 1.26. The highest BCUT2D eigenvalue weighted by molar-refractivity contribution is 7.45. The van der Waals surface area contributed by atoms with Crippen LogP contribution in [0, 0.1) is 0 Å². The Balaban J connectivity index is 4.12. The minimum Gasteiger partial charge on any atom is -0.756 e. The molecule has 0 fully saturated rings. The summed E-state index contributed by atoms with van der Waals surface area (Å²) in [5.41, 5.74) is 0. The first-order valence-electron chi connectivity index (χ1n) is 20.1. The number of hydrogen-bond donors (Lipinski definition) is 2. The second kappa shape index (κ2) is 32.2. The number of aliphatic hydroxyl groups excluding tert-OH is 1. The summed E-state index contributed by atoms with van der Waals surface area (Å²) in [5.74, 6) is -0.215. The van der Waals surface area contributed by atoms with E-state index in [-0.39, 0.29) is 19.1 Å². The van der Waals surface area contributed by atoms with Crippen LogP contribution >= 0.6 is 7.82 Å². The van der Waals surface area contributed by atoms with Gasteiger partial charge < -0.3 is 28.8 Å². The molecular weight excluding hydrogens is 623 g/mol. The van der Waals surface area contributed by atoms with E-state index in [1.165, 1.54) is 116 Å². The Morgan fingerprint density at radius 2 is 1.12 bits per heavy atom. The molecule has 2 N–H and O–H groups in total. The minimum atomic E-state index is -4.56. The number of phosphoric ester groups is 1. The maximum Gasteiger partial charge on any atom is 0.268 e. The van der Waals surface area contributed by atoms with Gasteiger partial charge in [0.2, 0.25) is 5.91 Å². The molecule has 0 saturated heterocycles. The van der Waals surface area contributed by atoms with Gasteiger partial charge in [-0.15, -0.1) is 0 Å². The zero-order chi connectivity index (χ0) is 35.8. The fourth-order valence-corrected chi connectivity index (χ4v) is 6.46. The largest absolute Gasteiger partial charge is 0.756 e. The Morgan fingerprint density at radius 3 is 1.56 bits per heavy atom. The molecule has 286 valence electrons. The Hall–Kier alpha value is -0.760. The highest BCUT2D eigenvalue weighted by atomic mass is 31.2. The van der Waals surface area contributed by atoms with Crippen molar-refractivity contribution < 1.29 is 32.9 Å². The van der Waals surface area contributed by atoms with Crippen LogP contribution < -0.4 is 10.2 Å². The molecule has 0 heterocycles. The second-order valence-electron chi connectivity index (χ2n) is 15.0. The number of quaternary nitrogens is 1. The number of unbranched alkanes of at least 4 members (excludes halogenated alkanes) is 23. The number of aliphatic hydroxyl groups is 1. The Bertz CT molecular complexity index is 804. The molecule has 0 aromatic rings. The van der Waals surface area contributed by atoms with Crippen molar-refractivity contribution in [2.75, 3.05) is 40.9 Å². The lowest BCUT2D eigenvalue weighted by atomic mass is 10.0. The molecule has 0 spiro atoms. The van der Waals surface area contributed by atoms with E-state index in [2.05, 4.69) is 19.2 Å². The van der Waals surface area contributed by atoms with Gasteiger partial charge >= 0.3 is 0 Å². The number of carbonyl (C=O) groups excluding carboxylic acids is 1. The zero-order valence-electron chi connectivity index (χ0n) is 32.2. The standard InChI is InChI=1S/C39H79N2O6P/c1-6-8-10-12-13-14-15-16-17-18-19-20-21-22-23-24-25-26-27-28-29-30-32-38(42)37(40-39(43)33-31-11-9-7-2)36-47-48(44,45)46-35-34-41(3,4)5/h30,32,37-38,42H,6-29,31,33-36H2,1-5H3,(H-,40,43,44,45)/b32-30+. The van der Waals surface area contributed by atoms with Crippen molar-refractivity contribution in [1.82, 2.24) is 5.32 Å². The van der Waals surface area contributed by atoms with E-state index >= 15 is 0 Å². The van der Waals surface area contributed by atoms with Gasteiger partial charge in [0.05, 0.1) is 39.9 Å². The fourth-order valence-electron chi connectivity index (χ4n) is 5.74. The van der Waals surface area contributed by atoms with Crippen LogP contribution in [0.3, 0.4) is 0 Å². The third kappa shape index (κ3) is 33.7. The summed E-state index contributed by atoms with van der Waals surface area (Å²) >= 11 is 0. The normalized spacial score (nSPS) is 14.7. The van der Waals surface area contributed by atoms with Crippen LogP contribution in [0.4, 0.5) is 0 Å². The SMILES string of the molecule is CCCCCCCCCCCCCCCCCCCCCC/C=C/C(O)C(COP(=O)([O-])OCC[N+](C)(C)C)NC(=O)CCCCCC. The molecule has 0 aliphatic rings. The first-order valence-corrected chi connectivity index (χ1v) is 21.5. The van der Waals surface area contributed by atoms with Crippen LogP contribution in [0.2, 0.25) is 0 Å². The van der Waals surface area contributed by atoms with Gasteiger partial charge in [0.15, 0.2) is 0 Å². The zero-order valence-corrected chi connectivity index (χ0v) is 33.1. The highest BCUT2D eigenvalue weighted by Crippen LogP contribution is 2.38. The van der Waals surface area contributed by atoms with Crippen LogP contribution in [0.25, 0.3) is 0 Å². The van der Waals surface area contributed by atoms with E-state index in [0.29, 0.717) is 17.4 Å². The summed E-state index contributed by atoms with van der Waals surface area (Å²) in [6, 6.07) is -0.876. The molecule has 8 nitrogen and oxygen atoms in total. The second-order valence-corrected chi connectivity index (χ2v) is 16.4. The van der Waals surface area contributed by atoms with Crippen molar-refractivity contribution in [1.29, 1.82) is 0 Å². The quantitative estimate of drug-likeness (QED) is 0.0291. The van der Waals surface area contributed by atoms with Crippen LogP contribution in [0.15, 0.2) is 12.2 Å². The predicted octanol–water partition coefficient (Wildman–Crippen LogP) is 9.78. The molecule has 0 bridgehead atoms. The van der Waals surface area contributed by atoms with Gasteiger partial charge in [0.25, 0.3) is 7.82 Å². The molecule has 0 rings (SSSR count). The van der Waals surface area contributed by atoms with E-state index in [1.807, 2.05) is 27.2 Å². The van der Waals surface area contributed by atoms with E-state index in [9.17, 15) is 19.4 Å². The van der Waals surface area contributed by atoms with Crippen molar-refractivity contribution in [3.8, 4) is 0 Å².